The number of rotatable bonds is 1. The van der Waals surface area contributed by atoms with Gasteiger partial charge >= 0.3 is 0 Å². The predicted octanol–water partition coefficient (Wildman–Crippen LogP) is 1.75. The van der Waals surface area contributed by atoms with E-state index in [0.29, 0.717) is 19.0 Å². The van der Waals surface area contributed by atoms with Gasteiger partial charge < -0.3 is 14.5 Å². The molecule has 0 radical (unpaired) electrons. The number of nitrogens with one attached hydrogen (secondary N) is 1. The summed E-state index contributed by atoms with van der Waals surface area (Å²) in [6.07, 6.45) is 4.36. The van der Waals surface area contributed by atoms with Gasteiger partial charge in [-0.1, -0.05) is 0 Å². The summed E-state index contributed by atoms with van der Waals surface area (Å²) in [4.78, 5) is 38.3. The summed E-state index contributed by atoms with van der Waals surface area (Å²) in [5.41, 5.74) is 3.35. The molecule has 0 unspecified atom stereocenters. The third-order valence-electron chi connectivity index (χ3n) is 5.63. The molecule has 0 aliphatic carbocycles. The van der Waals surface area contributed by atoms with Gasteiger partial charge in [-0.2, -0.15) is 0 Å². The number of carbonyl (C=O) groups excluding carboxylic acids is 1. The second-order valence-electron chi connectivity index (χ2n) is 7.30. The van der Waals surface area contributed by atoms with Crippen LogP contribution in [0.1, 0.15) is 25.0 Å². The van der Waals surface area contributed by atoms with Crippen LogP contribution in [0.3, 0.4) is 0 Å². The number of hydrogen-bond acceptors (Lipinski definition) is 4. The number of pyridine rings is 1. The first-order valence-electron chi connectivity index (χ1n) is 8.89. The number of likely N-dealkylation sites (tertiary alicyclic amines) is 1. The lowest BCUT2D eigenvalue weighted by molar-refractivity contribution is -0.131. The number of aromatic amines is 1. The molecular weight excluding hydrogens is 330 g/mol. The molecule has 1 amide bonds. The summed E-state index contributed by atoms with van der Waals surface area (Å²) in [5.74, 6) is 0.656. The number of nitrogens with zero attached hydrogens (tertiary/aromatic N) is 4. The van der Waals surface area contributed by atoms with Crippen LogP contribution in [-0.2, 0) is 11.3 Å². The van der Waals surface area contributed by atoms with Crippen LogP contribution in [0.5, 0.6) is 0 Å². The topological polar surface area (TPSA) is 83.9 Å². The molecule has 7 heteroatoms. The number of fused-ring (bicyclic) bond motifs is 5. The molecule has 2 aliphatic heterocycles. The molecule has 1 saturated heterocycles. The highest BCUT2D eigenvalue weighted by Gasteiger charge is 2.35. The zero-order valence-corrected chi connectivity index (χ0v) is 14.5. The molecule has 2 atom stereocenters. The maximum Gasteiger partial charge on any atom is 0.251 e. The summed E-state index contributed by atoms with van der Waals surface area (Å²) in [6.45, 7) is 3.72. The summed E-state index contributed by atoms with van der Waals surface area (Å²) in [7, 11) is 0. The fraction of sp³-hybridized carbons (Fsp3) is 0.368. The van der Waals surface area contributed by atoms with Gasteiger partial charge in [0.2, 0.25) is 5.91 Å². The maximum absolute atomic E-state index is 12.8. The third-order valence-corrected chi connectivity index (χ3v) is 5.63. The van der Waals surface area contributed by atoms with Crippen LogP contribution in [0.4, 0.5) is 0 Å². The van der Waals surface area contributed by atoms with Crippen LogP contribution >= 0.6 is 0 Å². The first-order valence-corrected chi connectivity index (χ1v) is 8.89. The van der Waals surface area contributed by atoms with Gasteiger partial charge in [0.1, 0.15) is 12.0 Å². The van der Waals surface area contributed by atoms with Gasteiger partial charge in [-0.05, 0) is 24.5 Å². The molecule has 2 aliphatic rings. The van der Waals surface area contributed by atoms with Crippen molar-refractivity contribution < 1.29 is 4.79 Å². The van der Waals surface area contributed by atoms with Crippen LogP contribution in [0.25, 0.3) is 22.3 Å². The fourth-order valence-corrected chi connectivity index (χ4v) is 4.46. The number of piperidine rings is 1. The van der Waals surface area contributed by atoms with E-state index >= 15 is 0 Å². The normalized spacial score (nSPS) is 21.7. The number of H-pyrrole nitrogens is 1. The molecule has 1 fully saturated rings. The summed E-state index contributed by atoms with van der Waals surface area (Å²) >= 11 is 0. The van der Waals surface area contributed by atoms with E-state index in [-0.39, 0.29) is 17.4 Å². The van der Waals surface area contributed by atoms with Gasteiger partial charge in [0.05, 0.1) is 5.69 Å². The van der Waals surface area contributed by atoms with Crippen molar-refractivity contribution in [2.45, 2.75) is 25.8 Å². The van der Waals surface area contributed by atoms with Gasteiger partial charge in [-0.15, -0.1) is 0 Å². The Bertz CT molecular complexity index is 1080. The first kappa shape index (κ1) is 15.3. The summed E-state index contributed by atoms with van der Waals surface area (Å²) in [5, 5.41) is 0.902. The Hall–Kier alpha value is -2.96. The van der Waals surface area contributed by atoms with Crippen LogP contribution in [0.2, 0.25) is 0 Å². The van der Waals surface area contributed by atoms with E-state index in [0.717, 1.165) is 41.0 Å². The molecule has 5 rings (SSSR count). The molecule has 0 aromatic carbocycles. The van der Waals surface area contributed by atoms with E-state index in [4.69, 9.17) is 0 Å². The Morgan fingerprint density at radius 1 is 1.23 bits per heavy atom. The Morgan fingerprint density at radius 3 is 2.96 bits per heavy atom. The minimum absolute atomic E-state index is 0.00535. The zero-order chi connectivity index (χ0) is 17.8. The largest absolute Gasteiger partial charge is 0.346 e. The minimum atomic E-state index is 0.00535. The van der Waals surface area contributed by atoms with Crippen molar-refractivity contribution in [1.82, 2.24) is 24.4 Å². The van der Waals surface area contributed by atoms with Crippen molar-refractivity contribution in [3.05, 3.63) is 46.8 Å². The quantitative estimate of drug-likeness (QED) is 0.725. The van der Waals surface area contributed by atoms with Crippen LogP contribution in [0.15, 0.2) is 35.5 Å². The number of carbonyl (C=O) groups is 1. The number of aromatic nitrogens is 4. The van der Waals surface area contributed by atoms with Crippen molar-refractivity contribution in [1.29, 1.82) is 0 Å². The summed E-state index contributed by atoms with van der Waals surface area (Å²) < 4.78 is 1.88. The van der Waals surface area contributed by atoms with Gasteiger partial charge in [0.25, 0.3) is 5.56 Å². The number of hydrogen-bond donors (Lipinski definition) is 1. The SMILES string of the molecule is CC(=O)N1C[C@@H]2C[C@H](C1)c1cc(-c3ncnc4[nH]ccc34)cc(=O)n1C2. The first-order chi connectivity index (χ1) is 12.6. The van der Waals surface area contributed by atoms with Crippen molar-refractivity contribution in [2.24, 2.45) is 5.92 Å². The molecule has 7 nitrogen and oxygen atoms in total. The van der Waals surface area contributed by atoms with E-state index in [1.165, 1.54) is 6.33 Å². The maximum atomic E-state index is 12.8. The predicted molar refractivity (Wildman–Crippen MR) is 96.7 cm³/mol. The Kier molecular flexibility index (Phi) is 3.25. The van der Waals surface area contributed by atoms with Gasteiger partial charge in [0, 0.05) is 61.4 Å². The van der Waals surface area contributed by atoms with Crippen molar-refractivity contribution in [3.8, 4) is 11.3 Å². The average Bonchev–Trinajstić information content (AvgIpc) is 3.11. The molecule has 0 spiro atoms. The highest BCUT2D eigenvalue weighted by molar-refractivity contribution is 5.90. The molecule has 2 bridgehead atoms. The highest BCUT2D eigenvalue weighted by Crippen LogP contribution is 2.37. The minimum Gasteiger partial charge on any atom is -0.346 e. The second-order valence-corrected chi connectivity index (χ2v) is 7.30. The molecule has 0 saturated carbocycles. The molecule has 1 N–H and O–H groups in total. The molecule has 3 aromatic rings. The second kappa shape index (κ2) is 5.52. The molecule has 5 heterocycles. The molecule has 26 heavy (non-hydrogen) atoms. The monoisotopic (exact) mass is 349 g/mol. The Morgan fingerprint density at radius 2 is 2.12 bits per heavy atom. The zero-order valence-electron chi connectivity index (χ0n) is 14.5. The lowest BCUT2D eigenvalue weighted by Gasteiger charge is -2.42. The van der Waals surface area contributed by atoms with E-state index in [2.05, 4.69) is 21.0 Å². The van der Waals surface area contributed by atoms with Crippen molar-refractivity contribution >= 4 is 16.9 Å². The third kappa shape index (κ3) is 2.27. The fourth-order valence-electron chi connectivity index (χ4n) is 4.46. The van der Waals surface area contributed by atoms with E-state index in [9.17, 15) is 9.59 Å². The average molecular weight is 349 g/mol. The van der Waals surface area contributed by atoms with Gasteiger partial charge in [-0.3, -0.25) is 9.59 Å². The lowest BCUT2D eigenvalue weighted by Crippen LogP contribution is -2.48. The van der Waals surface area contributed by atoms with E-state index in [1.54, 1.807) is 13.0 Å². The Labute approximate surface area is 149 Å². The van der Waals surface area contributed by atoms with Gasteiger partial charge in [0.15, 0.2) is 0 Å². The van der Waals surface area contributed by atoms with Crippen molar-refractivity contribution in [2.75, 3.05) is 13.1 Å². The standard InChI is InChI=1S/C19H19N5O2/c1-11(25)23-7-12-4-14(9-23)16-5-13(6-17(26)24(16)8-12)18-15-2-3-20-19(15)22-10-21-18/h2-3,5-6,10,12,14H,4,7-9H2,1H3,(H,20,21,22)/t12-,14+/m0/s1. The van der Waals surface area contributed by atoms with Crippen LogP contribution < -0.4 is 5.56 Å². The van der Waals surface area contributed by atoms with Gasteiger partial charge in [-0.25, -0.2) is 9.97 Å². The molecule has 3 aromatic heterocycles. The molecular formula is C19H19N5O2. The van der Waals surface area contributed by atoms with Crippen molar-refractivity contribution in [3.63, 3.8) is 0 Å². The number of amides is 1. The Balaban J connectivity index is 1.65. The highest BCUT2D eigenvalue weighted by atomic mass is 16.2. The molecule has 132 valence electrons. The lowest BCUT2D eigenvalue weighted by atomic mass is 9.82. The van der Waals surface area contributed by atoms with Crippen LogP contribution in [0, 0.1) is 5.92 Å². The smallest absolute Gasteiger partial charge is 0.251 e. The van der Waals surface area contributed by atoms with E-state index in [1.807, 2.05) is 21.7 Å². The summed E-state index contributed by atoms with van der Waals surface area (Å²) in [6, 6.07) is 5.67. The van der Waals surface area contributed by atoms with Crippen LogP contribution in [-0.4, -0.2) is 43.4 Å². The van der Waals surface area contributed by atoms with E-state index < -0.39 is 0 Å².